The number of carbonyl (C=O) groups is 1. The van der Waals surface area contributed by atoms with E-state index in [9.17, 15) is 4.79 Å². The van der Waals surface area contributed by atoms with Crippen LogP contribution in [0.4, 0.5) is 5.69 Å². The molecule has 1 amide bonds. The van der Waals surface area contributed by atoms with Gasteiger partial charge in [-0.1, -0.05) is 19.1 Å². The number of aryl methyl sites for hydroxylation is 1. The van der Waals surface area contributed by atoms with Gasteiger partial charge in [0.05, 0.1) is 34.8 Å². The van der Waals surface area contributed by atoms with Gasteiger partial charge in [-0.25, -0.2) is 9.98 Å². The largest absolute Gasteiger partial charge is 0.459 e. The van der Waals surface area contributed by atoms with Crippen molar-refractivity contribution in [1.82, 2.24) is 13.5 Å². The summed E-state index contributed by atoms with van der Waals surface area (Å²) in [6.07, 6.45) is 5.99. The molecule has 0 bridgehead atoms. The molecule has 1 aliphatic heterocycles. The van der Waals surface area contributed by atoms with Gasteiger partial charge in [-0.05, 0) is 49.8 Å². The second-order valence-corrected chi connectivity index (χ2v) is 7.84. The molecule has 0 saturated heterocycles. The molecule has 2 heterocycles. The average molecular weight is 491 g/mol. The van der Waals surface area contributed by atoms with Crippen LogP contribution in [-0.2, 0) is 11.2 Å². The van der Waals surface area contributed by atoms with E-state index in [2.05, 4.69) is 37.9 Å². The first-order valence-corrected chi connectivity index (χ1v) is 10.5. The van der Waals surface area contributed by atoms with Crippen LogP contribution in [0.15, 0.2) is 41.7 Å². The van der Waals surface area contributed by atoms with Crippen molar-refractivity contribution in [3.8, 4) is 0 Å². The van der Waals surface area contributed by atoms with Gasteiger partial charge in [-0.15, -0.1) is 0 Å². The number of benzene rings is 1. The van der Waals surface area contributed by atoms with Crippen molar-refractivity contribution in [2.24, 2.45) is 4.99 Å². The van der Waals surface area contributed by atoms with Gasteiger partial charge in [0.15, 0.2) is 0 Å². The molecule has 28 heavy (non-hydrogen) atoms. The lowest BCUT2D eigenvalue weighted by Gasteiger charge is -2.44. The number of rotatable bonds is 4. The van der Waals surface area contributed by atoms with Crippen LogP contribution >= 0.6 is 22.9 Å². The number of ether oxygens (including phenoxy) is 1. The van der Waals surface area contributed by atoms with Crippen molar-refractivity contribution in [2.75, 3.05) is 5.32 Å². The molecule has 8 heteroatoms. The number of anilines is 1. The number of nitrogens with one attached hydrogen (secondary N) is 2. The summed E-state index contributed by atoms with van der Waals surface area (Å²) in [5.74, 6) is 0.205. The quantitative estimate of drug-likeness (QED) is 0.504. The summed E-state index contributed by atoms with van der Waals surface area (Å²) >= 11 is 2.05. The van der Waals surface area contributed by atoms with Gasteiger partial charge in [0.1, 0.15) is 17.3 Å². The first kappa shape index (κ1) is 19.1. The molecule has 7 nitrogen and oxygen atoms in total. The Kier molecular flexibility index (Phi) is 5.22. The predicted molar refractivity (Wildman–Crippen MR) is 116 cm³/mol. The van der Waals surface area contributed by atoms with Crippen LogP contribution in [0.2, 0.25) is 0 Å². The van der Waals surface area contributed by atoms with E-state index in [1.807, 2.05) is 41.9 Å². The van der Waals surface area contributed by atoms with Crippen LogP contribution in [0.1, 0.15) is 54.4 Å². The van der Waals surface area contributed by atoms with Crippen LogP contribution in [0.5, 0.6) is 0 Å². The van der Waals surface area contributed by atoms with Crippen molar-refractivity contribution >= 4 is 40.5 Å². The van der Waals surface area contributed by atoms with E-state index in [1.54, 1.807) is 6.20 Å². The highest BCUT2D eigenvalue weighted by Crippen LogP contribution is 2.52. The molecular formula is C20H22IN5O2. The van der Waals surface area contributed by atoms with Crippen LogP contribution < -0.4 is 8.85 Å². The molecule has 146 valence electrons. The molecule has 2 aliphatic rings. The maximum Gasteiger partial charge on any atom is 0.294 e. The van der Waals surface area contributed by atoms with Crippen LogP contribution in [0, 0.1) is 0 Å². The van der Waals surface area contributed by atoms with Crippen molar-refractivity contribution in [3.63, 3.8) is 0 Å². The lowest BCUT2D eigenvalue weighted by Crippen LogP contribution is -2.47. The third kappa shape index (κ3) is 3.57. The maximum atomic E-state index is 12.3. The van der Waals surface area contributed by atoms with Crippen LogP contribution in [0.25, 0.3) is 0 Å². The Labute approximate surface area is 177 Å². The molecule has 2 aromatic rings. The van der Waals surface area contributed by atoms with E-state index in [0.717, 1.165) is 30.6 Å². The fourth-order valence-corrected chi connectivity index (χ4v) is 4.03. The van der Waals surface area contributed by atoms with Gasteiger partial charge in [0.2, 0.25) is 0 Å². The first-order valence-electron chi connectivity index (χ1n) is 9.38. The number of hydrogen-bond acceptors (Lipinski definition) is 6. The third-order valence-electron chi connectivity index (χ3n) is 5.59. The van der Waals surface area contributed by atoms with Gasteiger partial charge >= 0.3 is 0 Å². The van der Waals surface area contributed by atoms with Crippen molar-refractivity contribution in [3.05, 3.63) is 53.6 Å². The molecule has 0 radical (unpaired) electrons. The predicted octanol–water partition coefficient (Wildman–Crippen LogP) is 3.62. The minimum absolute atomic E-state index is 0.0970. The minimum Gasteiger partial charge on any atom is -0.459 e. The van der Waals surface area contributed by atoms with E-state index in [-0.39, 0.29) is 17.6 Å². The first-order chi connectivity index (χ1) is 13.5. The number of amidine groups is 1. The average Bonchev–Trinajstić information content (AvgIpc) is 3.04. The molecule has 0 unspecified atom stereocenters. The summed E-state index contributed by atoms with van der Waals surface area (Å²) in [4.78, 5) is 25.4. The molecule has 1 fully saturated rings. The normalized spacial score (nSPS) is 25.6. The molecular weight excluding hydrogens is 469 g/mol. The number of aliphatic imine (C=N–C) groups is 1. The molecule has 1 aromatic carbocycles. The molecule has 1 saturated carbocycles. The Hall–Kier alpha value is -2.23. The molecule has 2 N–H and O–H groups in total. The SMILES string of the molecule is CCc1cnc(C(=O)Nc2ccc(C3CC4(C3)N=C(NI)O[C@H]4C)cc2)cn1. The standard InChI is InChI=1S/C20H22IN5O2/c1-3-15-10-23-17(11-22-15)18(27)24-16-6-4-13(5-7-16)14-8-20(9-14)12(2)28-19(25-20)26-21/h4-7,10-12,14H,3,8-9H2,1-2H3,(H,24,27)(H,25,26)/t12-,14?,20?/m0/s1. The number of nitrogens with zero attached hydrogens (tertiary/aromatic N) is 3. The Morgan fingerprint density at radius 2 is 2.00 bits per heavy atom. The zero-order valence-corrected chi connectivity index (χ0v) is 17.9. The Balaban J connectivity index is 1.37. The van der Waals surface area contributed by atoms with Crippen molar-refractivity contribution < 1.29 is 9.53 Å². The molecule has 4 rings (SSSR count). The van der Waals surface area contributed by atoms with Gasteiger partial charge < -0.3 is 10.1 Å². The topological polar surface area (TPSA) is 88.5 Å². The monoisotopic (exact) mass is 491 g/mol. The lowest BCUT2D eigenvalue weighted by atomic mass is 9.64. The zero-order chi connectivity index (χ0) is 19.7. The molecule has 1 spiro atoms. The van der Waals surface area contributed by atoms with Gasteiger partial charge in [-0.3, -0.25) is 13.3 Å². The summed E-state index contributed by atoms with van der Waals surface area (Å²) < 4.78 is 8.71. The Bertz CT molecular complexity index is 892. The number of hydrogen-bond donors (Lipinski definition) is 2. The second-order valence-electron chi connectivity index (χ2n) is 7.30. The zero-order valence-electron chi connectivity index (χ0n) is 15.8. The van der Waals surface area contributed by atoms with Crippen LogP contribution in [0.3, 0.4) is 0 Å². The summed E-state index contributed by atoms with van der Waals surface area (Å²) in [6.45, 7) is 4.08. The van der Waals surface area contributed by atoms with Crippen molar-refractivity contribution in [1.29, 1.82) is 0 Å². The van der Waals surface area contributed by atoms with Gasteiger partial charge in [0, 0.05) is 11.9 Å². The molecule has 1 aliphatic carbocycles. The Morgan fingerprint density at radius 1 is 1.25 bits per heavy atom. The minimum atomic E-state index is -0.254. The molecule has 1 atom stereocenters. The smallest absolute Gasteiger partial charge is 0.294 e. The van der Waals surface area contributed by atoms with Crippen LogP contribution in [-0.4, -0.2) is 33.5 Å². The number of amides is 1. The fourth-order valence-electron chi connectivity index (χ4n) is 3.78. The Morgan fingerprint density at radius 3 is 2.57 bits per heavy atom. The van der Waals surface area contributed by atoms with E-state index in [1.165, 1.54) is 11.8 Å². The number of aromatic nitrogens is 2. The number of halogens is 1. The molecule has 1 aromatic heterocycles. The highest BCUT2D eigenvalue weighted by molar-refractivity contribution is 14.1. The fraction of sp³-hybridized carbons (Fsp3) is 0.400. The van der Waals surface area contributed by atoms with Gasteiger partial charge in [-0.2, -0.15) is 0 Å². The highest BCUT2D eigenvalue weighted by Gasteiger charge is 2.53. The highest BCUT2D eigenvalue weighted by atomic mass is 127. The van der Waals surface area contributed by atoms with E-state index >= 15 is 0 Å². The van der Waals surface area contributed by atoms with E-state index in [4.69, 9.17) is 9.73 Å². The summed E-state index contributed by atoms with van der Waals surface area (Å²) in [7, 11) is 0. The third-order valence-corrected chi connectivity index (χ3v) is 6.05. The maximum absolute atomic E-state index is 12.3. The van der Waals surface area contributed by atoms with Gasteiger partial charge in [0.25, 0.3) is 11.9 Å². The van der Waals surface area contributed by atoms with E-state index < -0.39 is 0 Å². The second kappa shape index (κ2) is 7.65. The van der Waals surface area contributed by atoms with E-state index in [0.29, 0.717) is 17.6 Å². The number of carbonyl (C=O) groups excluding carboxylic acids is 1. The van der Waals surface area contributed by atoms with Crippen molar-refractivity contribution in [2.45, 2.75) is 50.7 Å². The lowest BCUT2D eigenvalue weighted by molar-refractivity contribution is 0.0781. The summed E-state index contributed by atoms with van der Waals surface area (Å²) in [6, 6.07) is 8.63. The summed E-state index contributed by atoms with van der Waals surface area (Å²) in [5.41, 5.74) is 3.08. The summed E-state index contributed by atoms with van der Waals surface area (Å²) in [5, 5.41) is 2.87.